The van der Waals surface area contributed by atoms with Crippen molar-refractivity contribution in [2.45, 2.75) is 25.4 Å². The number of hydrogen-bond acceptors (Lipinski definition) is 5. The highest BCUT2D eigenvalue weighted by atomic mass is 35.5. The van der Waals surface area contributed by atoms with Crippen LogP contribution < -0.4 is 19.5 Å². The van der Waals surface area contributed by atoms with E-state index in [0.29, 0.717) is 37.0 Å². The molecule has 1 unspecified atom stereocenters. The summed E-state index contributed by atoms with van der Waals surface area (Å²) >= 11 is 6.55. The van der Waals surface area contributed by atoms with E-state index in [-0.39, 0.29) is 17.9 Å². The Hall–Kier alpha value is -2.44. The molecule has 2 heterocycles. The van der Waals surface area contributed by atoms with Gasteiger partial charge in [0.1, 0.15) is 23.4 Å². The highest BCUT2D eigenvalue weighted by molar-refractivity contribution is 6.32. The molecule has 0 bridgehead atoms. The van der Waals surface area contributed by atoms with Crippen LogP contribution in [0.2, 0.25) is 5.02 Å². The third-order valence-corrected chi connectivity index (χ3v) is 5.95. The molecule has 1 N–H and O–H groups in total. The van der Waals surface area contributed by atoms with Crippen molar-refractivity contribution in [3.05, 3.63) is 40.9 Å². The lowest BCUT2D eigenvalue weighted by atomic mass is 9.99. The number of halogens is 1. The van der Waals surface area contributed by atoms with E-state index in [1.165, 1.54) is 0 Å². The van der Waals surface area contributed by atoms with Gasteiger partial charge in [0, 0.05) is 36.7 Å². The van der Waals surface area contributed by atoms with E-state index < -0.39 is 0 Å². The van der Waals surface area contributed by atoms with Crippen LogP contribution in [-0.2, 0) is 16.0 Å². The van der Waals surface area contributed by atoms with Crippen molar-refractivity contribution < 1.29 is 23.7 Å². The molecule has 1 atom stereocenters. The molecule has 1 amide bonds. The molecule has 7 heteroatoms. The normalized spacial score (nSPS) is 18.4. The number of hydrogen-bond donors (Lipinski definition) is 1. The summed E-state index contributed by atoms with van der Waals surface area (Å²) in [5, 5.41) is 3.58. The fraction of sp³-hybridized carbons (Fsp3) is 0.435. The molecule has 0 saturated carbocycles. The molecule has 2 aliphatic heterocycles. The lowest BCUT2D eigenvalue weighted by Gasteiger charge is -2.22. The second-order valence-corrected chi connectivity index (χ2v) is 8.00. The SMILES string of the molecule is COc1ccc(OC)c(-c2cc(Cl)c3c(c2)CC(CNC(=O)C2CCOCC2)O3)c1. The molecule has 2 aromatic rings. The molecule has 0 spiro atoms. The van der Waals surface area contributed by atoms with Gasteiger partial charge in [-0.2, -0.15) is 0 Å². The summed E-state index contributed by atoms with van der Waals surface area (Å²) in [5.41, 5.74) is 2.86. The summed E-state index contributed by atoms with van der Waals surface area (Å²) in [6.07, 6.45) is 2.09. The highest BCUT2D eigenvalue weighted by Gasteiger charge is 2.28. The van der Waals surface area contributed by atoms with Crippen LogP contribution in [0, 0.1) is 5.92 Å². The van der Waals surface area contributed by atoms with Gasteiger partial charge in [0.2, 0.25) is 5.91 Å². The van der Waals surface area contributed by atoms with Gasteiger partial charge in [-0.3, -0.25) is 4.79 Å². The standard InChI is InChI=1S/C23H26ClNO5/c1-27-17-3-4-21(28-2)19(12-17)15-9-16-10-18(30-22(16)20(24)11-15)13-25-23(26)14-5-7-29-8-6-14/h3-4,9,11-12,14,18H,5-8,10,13H2,1-2H3,(H,25,26). The number of carbonyl (C=O) groups excluding carboxylic acids is 1. The summed E-state index contributed by atoms with van der Waals surface area (Å²) < 4.78 is 22.2. The number of carbonyl (C=O) groups is 1. The lowest BCUT2D eigenvalue weighted by Crippen LogP contribution is -2.39. The van der Waals surface area contributed by atoms with Crippen LogP contribution >= 0.6 is 11.6 Å². The average Bonchev–Trinajstić information content (AvgIpc) is 3.21. The Labute approximate surface area is 181 Å². The lowest BCUT2D eigenvalue weighted by molar-refractivity contribution is -0.128. The molecule has 30 heavy (non-hydrogen) atoms. The maximum absolute atomic E-state index is 12.4. The van der Waals surface area contributed by atoms with Crippen molar-refractivity contribution in [3.8, 4) is 28.4 Å². The monoisotopic (exact) mass is 431 g/mol. The van der Waals surface area contributed by atoms with Crippen LogP contribution in [0.5, 0.6) is 17.2 Å². The largest absolute Gasteiger partial charge is 0.497 e. The molecule has 1 saturated heterocycles. The Bertz CT molecular complexity index is 926. The van der Waals surface area contributed by atoms with Gasteiger partial charge in [-0.05, 0) is 48.7 Å². The summed E-state index contributed by atoms with van der Waals surface area (Å²) in [7, 11) is 3.27. The van der Waals surface area contributed by atoms with Crippen LogP contribution in [0.4, 0.5) is 0 Å². The number of fused-ring (bicyclic) bond motifs is 1. The smallest absolute Gasteiger partial charge is 0.223 e. The van der Waals surface area contributed by atoms with E-state index in [0.717, 1.165) is 41.0 Å². The molecule has 4 rings (SSSR count). The van der Waals surface area contributed by atoms with E-state index in [1.54, 1.807) is 14.2 Å². The van der Waals surface area contributed by atoms with Crippen molar-refractivity contribution in [3.63, 3.8) is 0 Å². The molecular weight excluding hydrogens is 406 g/mol. The molecule has 0 aliphatic carbocycles. The zero-order chi connectivity index (χ0) is 21.1. The number of rotatable bonds is 6. The van der Waals surface area contributed by atoms with E-state index >= 15 is 0 Å². The second kappa shape index (κ2) is 9.14. The fourth-order valence-corrected chi connectivity index (χ4v) is 4.30. The van der Waals surface area contributed by atoms with Crippen molar-refractivity contribution >= 4 is 17.5 Å². The van der Waals surface area contributed by atoms with Gasteiger partial charge in [0.15, 0.2) is 0 Å². The first kappa shape index (κ1) is 20.8. The molecule has 0 aromatic heterocycles. The van der Waals surface area contributed by atoms with Gasteiger partial charge in [-0.15, -0.1) is 0 Å². The molecule has 160 valence electrons. The molecule has 1 fully saturated rings. The Morgan fingerprint density at radius 2 is 1.97 bits per heavy atom. The van der Waals surface area contributed by atoms with E-state index in [4.69, 9.17) is 30.5 Å². The maximum Gasteiger partial charge on any atom is 0.223 e. The third kappa shape index (κ3) is 4.35. The average molecular weight is 432 g/mol. The number of nitrogens with one attached hydrogen (secondary N) is 1. The number of methoxy groups -OCH3 is 2. The summed E-state index contributed by atoms with van der Waals surface area (Å²) in [5.74, 6) is 2.27. The summed E-state index contributed by atoms with van der Waals surface area (Å²) in [4.78, 5) is 12.4. The van der Waals surface area contributed by atoms with Crippen LogP contribution in [0.1, 0.15) is 18.4 Å². The van der Waals surface area contributed by atoms with Crippen molar-refractivity contribution in [1.82, 2.24) is 5.32 Å². The van der Waals surface area contributed by atoms with E-state index in [1.807, 2.05) is 24.3 Å². The fourth-order valence-electron chi connectivity index (χ4n) is 4.02. The van der Waals surface area contributed by atoms with E-state index in [9.17, 15) is 4.79 Å². The van der Waals surface area contributed by atoms with Crippen molar-refractivity contribution in [1.29, 1.82) is 0 Å². The zero-order valence-electron chi connectivity index (χ0n) is 17.2. The first-order chi connectivity index (χ1) is 14.6. The van der Waals surface area contributed by atoms with Crippen LogP contribution in [0.25, 0.3) is 11.1 Å². The molecule has 2 aromatic carbocycles. The number of benzene rings is 2. The summed E-state index contributed by atoms with van der Waals surface area (Å²) in [6.45, 7) is 1.75. The number of amides is 1. The quantitative estimate of drug-likeness (QED) is 0.752. The van der Waals surface area contributed by atoms with Crippen LogP contribution in [-0.4, -0.2) is 46.0 Å². The molecule has 0 radical (unpaired) electrons. The Morgan fingerprint density at radius 1 is 1.17 bits per heavy atom. The first-order valence-corrected chi connectivity index (χ1v) is 10.5. The zero-order valence-corrected chi connectivity index (χ0v) is 18.0. The Morgan fingerprint density at radius 3 is 2.70 bits per heavy atom. The predicted molar refractivity (Wildman–Crippen MR) is 115 cm³/mol. The van der Waals surface area contributed by atoms with Gasteiger partial charge >= 0.3 is 0 Å². The molecule has 2 aliphatic rings. The molecular formula is C23H26ClNO5. The van der Waals surface area contributed by atoms with Crippen molar-refractivity contribution in [2.24, 2.45) is 5.92 Å². The molecule has 6 nitrogen and oxygen atoms in total. The van der Waals surface area contributed by atoms with Gasteiger partial charge in [-0.25, -0.2) is 0 Å². The third-order valence-electron chi connectivity index (χ3n) is 5.67. The minimum atomic E-state index is -0.135. The topological polar surface area (TPSA) is 66.0 Å². The van der Waals surface area contributed by atoms with Gasteiger partial charge in [0.05, 0.1) is 25.8 Å². The van der Waals surface area contributed by atoms with Gasteiger partial charge in [-0.1, -0.05) is 11.6 Å². The maximum atomic E-state index is 12.4. The Kier molecular flexibility index (Phi) is 6.35. The summed E-state index contributed by atoms with van der Waals surface area (Å²) in [6, 6.07) is 9.61. The van der Waals surface area contributed by atoms with E-state index in [2.05, 4.69) is 11.4 Å². The van der Waals surface area contributed by atoms with Crippen LogP contribution in [0.3, 0.4) is 0 Å². The predicted octanol–water partition coefficient (Wildman–Crippen LogP) is 3.87. The number of ether oxygens (including phenoxy) is 4. The Balaban J connectivity index is 1.48. The van der Waals surface area contributed by atoms with Crippen molar-refractivity contribution in [2.75, 3.05) is 34.0 Å². The minimum Gasteiger partial charge on any atom is -0.497 e. The first-order valence-electron chi connectivity index (χ1n) is 10.2. The van der Waals surface area contributed by atoms with Gasteiger partial charge in [0.25, 0.3) is 0 Å². The van der Waals surface area contributed by atoms with Crippen LogP contribution in [0.15, 0.2) is 30.3 Å². The minimum absolute atomic E-state index is 0.0262. The highest BCUT2D eigenvalue weighted by Crippen LogP contribution is 2.42. The second-order valence-electron chi connectivity index (χ2n) is 7.59. The van der Waals surface area contributed by atoms with Gasteiger partial charge < -0.3 is 24.3 Å².